The largest absolute Gasteiger partial charge is 0.508 e. The predicted molar refractivity (Wildman–Crippen MR) is 77.6 cm³/mol. The molecule has 1 atom stereocenters. The van der Waals surface area contributed by atoms with Gasteiger partial charge in [0.1, 0.15) is 11.6 Å². The molecule has 0 fully saturated rings. The number of benzene rings is 1. The maximum absolute atomic E-state index is 13.3. The van der Waals surface area contributed by atoms with E-state index in [1.807, 2.05) is 0 Å². The van der Waals surface area contributed by atoms with Crippen molar-refractivity contribution in [2.45, 2.75) is 24.7 Å². The Bertz CT molecular complexity index is 657. The first-order valence-corrected chi connectivity index (χ1v) is 7.00. The highest BCUT2D eigenvalue weighted by Gasteiger charge is 2.56. The molecule has 2 aromatic rings. The quantitative estimate of drug-likeness (QED) is 0.710. The summed E-state index contributed by atoms with van der Waals surface area (Å²) in [6, 6.07) is 6.53. The van der Waals surface area contributed by atoms with Gasteiger partial charge in [-0.2, -0.15) is 13.2 Å². The van der Waals surface area contributed by atoms with Gasteiger partial charge in [0.25, 0.3) is 0 Å². The van der Waals surface area contributed by atoms with Gasteiger partial charge >= 0.3 is 6.18 Å². The van der Waals surface area contributed by atoms with Crippen LogP contribution in [-0.4, -0.2) is 32.5 Å². The summed E-state index contributed by atoms with van der Waals surface area (Å²) < 4.78 is 41.0. The second-order valence-electron chi connectivity index (χ2n) is 5.28. The first kappa shape index (κ1) is 17.3. The fourth-order valence-electron chi connectivity index (χ4n) is 2.30. The second kappa shape index (κ2) is 6.59. The molecule has 0 aliphatic carbocycles. The molecule has 126 valence electrons. The van der Waals surface area contributed by atoms with Crippen molar-refractivity contribution in [2.24, 2.45) is 7.05 Å². The fraction of sp³-hybridized carbons (Fsp3) is 0.400. The number of hydrogen-bond acceptors (Lipinski definition) is 4. The van der Waals surface area contributed by atoms with Crippen LogP contribution in [-0.2, 0) is 19.2 Å². The number of nitrogens with one attached hydrogen (secondary N) is 1. The highest BCUT2D eigenvalue weighted by molar-refractivity contribution is 5.31. The number of halogens is 3. The maximum Gasteiger partial charge on any atom is 0.424 e. The molecule has 1 heterocycles. The maximum atomic E-state index is 13.3. The molecule has 1 unspecified atom stereocenters. The molecule has 2 rings (SSSR count). The minimum Gasteiger partial charge on any atom is -0.508 e. The number of aromatic hydroxyl groups is 1. The predicted octanol–water partition coefficient (Wildman–Crippen LogP) is 2.06. The monoisotopic (exact) mass is 329 g/mol. The lowest BCUT2D eigenvalue weighted by Gasteiger charge is -2.30. The van der Waals surface area contributed by atoms with Crippen LogP contribution in [0.3, 0.4) is 0 Å². The van der Waals surface area contributed by atoms with Crippen LogP contribution in [0.1, 0.15) is 17.8 Å². The molecule has 0 radical (unpaired) electrons. The Morgan fingerprint density at radius 2 is 1.96 bits per heavy atom. The summed E-state index contributed by atoms with van der Waals surface area (Å²) in [6.45, 7) is 0.0956. The van der Waals surface area contributed by atoms with Crippen LogP contribution in [0.2, 0.25) is 0 Å². The Labute approximate surface area is 131 Å². The average molecular weight is 329 g/mol. The highest BCUT2D eigenvalue weighted by atomic mass is 19.4. The molecule has 23 heavy (non-hydrogen) atoms. The number of alkyl halides is 3. The molecule has 8 heteroatoms. The summed E-state index contributed by atoms with van der Waals surface area (Å²) in [5.74, 6) is -0.385. The lowest BCUT2D eigenvalue weighted by atomic mass is 9.97. The lowest BCUT2D eigenvalue weighted by Crippen LogP contribution is -2.46. The van der Waals surface area contributed by atoms with E-state index >= 15 is 0 Å². The normalized spacial score (nSPS) is 14.7. The van der Waals surface area contributed by atoms with E-state index < -0.39 is 24.0 Å². The van der Waals surface area contributed by atoms with Gasteiger partial charge in [0, 0.05) is 38.0 Å². The van der Waals surface area contributed by atoms with Crippen LogP contribution in [0.15, 0.2) is 36.7 Å². The van der Waals surface area contributed by atoms with Gasteiger partial charge in [-0.05, 0) is 12.6 Å². The van der Waals surface area contributed by atoms with Crippen LogP contribution in [0.4, 0.5) is 13.2 Å². The van der Waals surface area contributed by atoms with Crippen molar-refractivity contribution in [1.82, 2.24) is 14.9 Å². The smallest absolute Gasteiger partial charge is 0.424 e. The van der Waals surface area contributed by atoms with Crippen LogP contribution < -0.4 is 5.32 Å². The van der Waals surface area contributed by atoms with Gasteiger partial charge in [-0.15, -0.1) is 0 Å². The van der Waals surface area contributed by atoms with Gasteiger partial charge in [-0.1, -0.05) is 18.2 Å². The van der Waals surface area contributed by atoms with Crippen molar-refractivity contribution in [3.05, 3.63) is 48.0 Å². The van der Waals surface area contributed by atoms with Crippen LogP contribution in [0, 0.1) is 0 Å². The zero-order valence-corrected chi connectivity index (χ0v) is 12.5. The van der Waals surface area contributed by atoms with Crippen molar-refractivity contribution >= 4 is 0 Å². The molecular formula is C15H18F3N3O2. The van der Waals surface area contributed by atoms with Crippen LogP contribution >= 0.6 is 0 Å². The Morgan fingerprint density at radius 3 is 2.52 bits per heavy atom. The van der Waals surface area contributed by atoms with E-state index in [-0.39, 0.29) is 18.8 Å². The molecular weight excluding hydrogens is 311 g/mol. The Kier molecular flexibility index (Phi) is 4.96. The number of rotatable bonds is 6. The SMILES string of the molecule is Cn1ccnc1C(O)(CCNCc1ccccc1O)C(F)(F)F. The number of para-hydroxylation sites is 1. The van der Waals surface area contributed by atoms with E-state index in [4.69, 9.17) is 0 Å². The number of nitrogens with zero attached hydrogens (tertiary/aromatic N) is 2. The van der Waals surface area contributed by atoms with Gasteiger partial charge in [-0.3, -0.25) is 0 Å². The molecule has 0 amide bonds. The van der Waals surface area contributed by atoms with E-state index in [9.17, 15) is 23.4 Å². The molecule has 1 aromatic heterocycles. The van der Waals surface area contributed by atoms with Crippen molar-refractivity contribution in [1.29, 1.82) is 0 Å². The number of hydrogen-bond donors (Lipinski definition) is 3. The summed E-state index contributed by atoms with van der Waals surface area (Å²) >= 11 is 0. The third kappa shape index (κ3) is 3.65. The molecule has 0 bridgehead atoms. The van der Waals surface area contributed by atoms with Gasteiger partial charge in [0.05, 0.1) is 0 Å². The Morgan fingerprint density at radius 1 is 1.26 bits per heavy atom. The van der Waals surface area contributed by atoms with Crippen molar-refractivity contribution in [3.8, 4) is 5.75 Å². The average Bonchev–Trinajstić information content (AvgIpc) is 2.90. The minimum absolute atomic E-state index is 0.0650. The second-order valence-corrected chi connectivity index (χ2v) is 5.28. The zero-order valence-electron chi connectivity index (χ0n) is 12.5. The summed E-state index contributed by atoms with van der Waals surface area (Å²) in [4.78, 5) is 3.63. The van der Waals surface area contributed by atoms with Crippen molar-refractivity contribution < 1.29 is 23.4 Å². The molecule has 0 saturated carbocycles. The van der Waals surface area contributed by atoms with Crippen molar-refractivity contribution in [2.75, 3.05) is 6.54 Å². The lowest BCUT2D eigenvalue weighted by molar-refractivity contribution is -0.272. The van der Waals surface area contributed by atoms with Crippen LogP contribution in [0.25, 0.3) is 0 Å². The van der Waals surface area contributed by atoms with E-state index in [1.54, 1.807) is 18.2 Å². The number of aromatic nitrogens is 2. The molecule has 0 aliphatic rings. The number of phenols is 1. The van der Waals surface area contributed by atoms with E-state index in [0.29, 0.717) is 5.56 Å². The zero-order chi connectivity index (χ0) is 17.1. The van der Waals surface area contributed by atoms with Gasteiger partial charge < -0.3 is 20.1 Å². The van der Waals surface area contributed by atoms with Gasteiger partial charge in [0.2, 0.25) is 5.60 Å². The highest BCUT2D eigenvalue weighted by Crippen LogP contribution is 2.40. The number of imidazole rings is 1. The van der Waals surface area contributed by atoms with E-state index in [0.717, 1.165) is 4.57 Å². The summed E-state index contributed by atoms with van der Waals surface area (Å²) in [5, 5.41) is 22.5. The number of aliphatic hydroxyl groups is 1. The first-order valence-electron chi connectivity index (χ1n) is 7.00. The standard InChI is InChI=1S/C15H18F3N3O2/c1-21-9-8-20-13(21)14(23,15(16,17)18)6-7-19-10-11-4-2-3-5-12(11)22/h2-5,8-9,19,22-23H,6-7,10H2,1H3. The third-order valence-corrected chi connectivity index (χ3v) is 3.63. The Hall–Kier alpha value is -2.06. The first-order chi connectivity index (χ1) is 10.8. The van der Waals surface area contributed by atoms with Gasteiger partial charge in [-0.25, -0.2) is 4.98 Å². The third-order valence-electron chi connectivity index (χ3n) is 3.63. The topological polar surface area (TPSA) is 70.3 Å². The number of aryl methyl sites for hydroxylation is 1. The fourth-order valence-corrected chi connectivity index (χ4v) is 2.30. The van der Waals surface area contributed by atoms with Crippen LogP contribution in [0.5, 0.6) is 5.75 Å². The Balaban J connectivity index is 2.03. The van der Waals surface area contributed by atoms with E-state index in [1.165, 1.54) is 25.5 Å². The van der Waals surface area contributed by atoms with Crippen molar-refractivity contribution in [3.63, 3.8) is 0 Å². The molecule has 0 aliphatic heterocycles. The molecule has 3 N–H and O–H groups in total. The summed E-state index contributed by atoms with van der Waals surface area (Å²) in [6.07, 6.45) is -2.87. The molecule has 0 saturated heterocycles. The number of phenolic OH excluding ortho intramolecular Hbond substituents is 1. The van der Waals surface area contributed by atoms with E-state index in [2.05, 4.69) is 10.3 Å². The molecule has 0 spiro atoms. The summed E-state index contributed by atoms with van der Waals surface area (Å²) in [7, 11) is 1.40. The molecule has 1 aromatic carbocycles. The minimum atomic E-state index is -4.84. The van der Waals surface area contributed by atoms with Gasteiger partial charge in [0.15, 0.2) is 0 Å². The summed E-state index contributed by atoms with van der Waals surface area (Å²) in [5.41, 5.74) is -2.46. The molecule has 5 nitrogen and oxygen atoms in total.